The van der Waals surface area contributed by atoms with Gasteiger partial charge in [-0.05, 0) is 65.4 Å². The summed E-state index contributed by atoms with van der Waals surface area (Å²) >= 11 is 3.57. The quantitative estimate of drug-likeness (QED) is 0.696. The first-order valence-corrected chi connectivity index (χ1v) is 8.45. The summed E-state index contributed by atoms with van der Waals surface area (Å²) in [6.45, 7) is 7.92. The zero-order chi connectivity index (χ0) is 15.0. The fourth-order valence-corrected chi connectivity index (χ4v) is 2.95. The van der Waals surface area contributed by atoms with Gasteiger partial charge < -0.3 is 10.1 Å². The Kier molecular flexibility index (Phi) is 8.24. The van der Waals surface area contributed by atoms with Crippen molar-refractivity contribution in [3.8, 4) is 5.75 Å². The van der Waals surface area contributed by atoms with Gasteiger partial charge >= 0.3 is 0 Å². The van der Waals surface area contributed by atoms with E-state index in [-0.39, 0.29) is 0 Å². The van der Waals surface area contributed by atoms with Gasteiger partial charge in [-0.25, -0.2) is 0 Å². The molecule has 2 unspecified atom stereocenters. The van der Waals surface area contributed by atoms with E-state index in [1.54, 1.807) is 7.11 Å². The molecule has 1 aromatic carbocycles. The van der Waals surface area contributed by atoms with Gasteiger partial charge in [-0.3, -0.25) is 0 Å². The maximum Gasteiger partial charge on any atom is 0.133 e. The number of hydrogen-bond acceptors (Lipinski definition) is 2. The molecule has 1 N–H and O–H groups in total. The molecular formula is C17H28BrNO. The zero-order valence-corrected chi connectivity index (χ0v) is 14.8. The Morgan fingerprint density at radius 1 is 1.30 bits per heavy atom. The molecule has 2 nitrogen and oxygen atoms in total. The largest absolute Gasteiger partial charge is 0.496 e. The summed E-state index contributed by atoms with van der Waals surface area (Å²) in [5, 5.41) is 3.68. The van der Waals surface area contributed by atoms with E-state index in [4.69, 9.17) is 4.74 Å². The van der Waals surface area contributed by atoms with Crippen LogP contribution >= 0.6 is 15.9 Å². The van der Waals surface area contributed by atoms with Crippen LogP contribution in [-0.2, 0) is 6.42 Å². The first-order valence-electron chi connectivity index (χ1n) is 7.66. The molecule has 1 rings (SSSR count). The highest BCUT2D eigenvalue weighted by atomic mass is 79.9. The van der Waals surface area contributed by atoms with Gasteiger partial charge in [0.25, 0.3) is 0 Å². The number of nitrogens with one attached hydrogen (secondary N) is 1. The van der Waals surface area contributed by atoms with Crippen LogP contribution in [0.5, 0.6) is 5.75 Å². The third-order valence-corrected chi connectivity index (χ3v) is 4.38. The molecule has 0 aliphatic carbocycles. The highest BCUT2D eigenvalue weighted by Gasteiger charge is 2.13. The summed E-state index contributed by atoms with van der Waals surface area (Å²) in [6.07, 6.45) is 4.74. The lowest BCUT2D eigenvalue weighted by atomic mass is 9.94. The lowest BCUT2D eigenvalue weighted by Gasteiger charge is -2.22. The zero-order valence-electron chi connectivity index (χ0n) is 13.2. The molecule has 0 saturated carbocycles. The van der Waals surface area contributed by atoms with Crippen molar-refractivity contribution in [1.29, 1.82) is 0 Å². The number of hydrogen-bond donors (Lipinski definition) is 1. The third-order valence-electron chi connectivity index (χ3n) is 3.77. The van der Waals surface area contributed by atoms with Crippen molar-refractivity contribution in [2.75, 3.05) is 13.7 Å². The molecule has 0 amide bonds. The Morgan fingerprint density at radius 3 is 2.60 bits per heavy atom. The summed E-state index contributed by atoms with van der Waals surface area (Å²) in [4.78, 5) is 0. The van der Waals surface area contributed by atoms with E-state index >= 15 is 0 Å². The Labute approximate surface area is 132 Å². The second-order valence-corrected chi connectivity index (χ2v) is 6.43. The van der Waals surface area contributed by atoms with Crippen molar-refractivity contribution in [3.05, 3.63) is 28.2 Å². The molecule has 0 bridgehead atoms. The van der Waals surface area contributed by atoms with Gasteiger partial charge in [-0.1, -0.05) is 33.3 Å². The predicted molar refractivity (Wildman–Crippen MR) is 90.6 cm³/mol. The first-order chi connectivity index (χ1) is 9.60. The smallest absolute Gasteiger partial charge is 0.133 e. The fraction of sp³-hybridized carbons (Fsp3) is 0.647. The second kappa shape index (κ2) is 9.41. The van der Waals surface area contributed by atoms with E-state index in [0.29, 0.717) is 6.04 Å². The van der Waals surface area contributed by atoms with Crippen LogP contribution in [0.2, 0.25) is 0 Å². The van der Waals surface area contributed by atoms with Gasteiger partial charge in [0.1, 0.15) is 5.75 Å². The van der Waals surface area contributed by atoms with Crippen LogP contribution in [0.25, 0.3) is 0 Å². The Balaban J connectivity index is 2.69. The maximum absolute atomic E-state index is 5.29. The minimum atomic E-state index is 0.560. The summed E-state index contributed by atoms with van der Waals surface area (Å²) in [5.41, 5.74) is 1.36. The van der Waals surface area contributed by atoms with E-state index in [1.165, 1.54) is 24.8 Å². The number of ether oxygens (including phenoxy) is 1. The van der Waals surface area contributed by atoms with Gasteiger partial charge in [0.05, 0.1) is 11.6 Å². The molecule has 0 saturated heterocycles. The molecule has 0 aliphatic heterocycles. The Hall–Kier alpha value is -0.540. The summed E-state index contributed by atoms with van der Waals surface area (Å²) in [7, 11) is 1.70. The molecule has 3 heteroatoms. The van der Waals surface area contributed by atoms with Crippen LogP contribution in [-0.4, -0.2) is 19.7 Å². The number of halogens is 1. The van der Waals surface area contributed by atoms with Crippen molar-refractivity contribution in [3.63, 3.8) is 0 Å². The molecule has 0 aliphatic rings. The van der Waals surface area contributed by atoms with E-state index in [0.717, 1.165) is 29.1 Å². The molecular weight excluding hydrogens is 314 g/mol. The summed E-state index contributed by atoms with van der Waals surface area (Å²) < 4.78 is 6.33. The van der Waals surface area contributed by atoms with Crippen LogP contribution in [0.4, 0.5) is 0 Å². The summed E-state index contributed by atoms with van der Waals surface area (Å²) in [5.74, 6) is 1.67. The van der Waals surface area contributed by atoms with E-state index in [9.17, 15) is 0 Å². The SMILES string of the molecule is CCCNC(Cc1ccc(OC)c(Br)c1)CC(C)CC. The van der Waals surface area contributed by atoms with Crippen LogP contribution in [0.1, 0.15) is 45.6 Å². The Morgan fingerprint density at radius 2 is 2.05 bits per heavy atom. The van der Waals surface area contributed by atoms with Crippen molar-refractivity contribution < 1.29 is 4.74 Å². The Bertz CT molecular complexity index is 395. The molecule has 20 heavy (non-hydrogen) atoms. The van der Waals surface area contributed by atoms with Crippen molar-refractivity contribution in [1.82, 2.24) is 5.32 Å². The maximum atomic E-state index is 5.29. The topological polar surface area (TPSA) is 21.3 Å². The minimum absolute atomic E-state index is 0.560. The van der Waals surface area contributed by atoms with Crippen molar-refractivity contribution in [2.45, 2.75) is 52.5 Å². The molecule has 0 heterocycles. The highest BCUT2D eigenvalue weighted by molar-refractivity contribution is 9.10. The first kappa shape index (κ1) is 17.5. The van der Waals surface area contributed by atoms with Crippen LogP contribution in [0, 0.1) is 5.92 Å². The van der Waals surface area contributed by atoms with E-state index in [1.807, 2.05) is 6.07 Å². The van der Waals surface area contributed by atoms with E-state index < -0.39 is 0 Å². The fourth-order valence-electron chi connectivity index (χ4n) is 2.36. The number of rotatable bonds is 9. The third kappa shape index (κ3) is 5.84. The highest BCUT2D eigenvalue weighted by Crippen LogP contribution is 2.26. The standard InChI is InChI=1S/C17H28BrNO/c1-5-9-19-15(10-13(3)6-2)11-14-7-8-17(20-4)16(18)12-14/h7-8,12-13,15,19H,5-6,9-11H2,1-4H3. The molecule has 0 fully saturated rings. The molecule has 114 valence electrons. The van der Waals surface area contributed by atoms with Gasteiger partial charge in [0.2, 0.25) is 0 Å². The average Bonchev–Trinajstić information content (AvgIpc) is 2.44. The summed E-state index contributed by atoms with van der Waals surface area (Å²) in [6, 6.07) is 6.95. The van der Waals surface area contributed by atoms with Gasteiger partial charge in [-0.15, -0.1) is 0 Å². The van der Waals surface area contributed by atoms with Gasteiger partial charge in [0, 0.05) is 6.04 Å². The molecule has 0 spiro atoms. The van der Waals surface area contributed by atoms with Crippen molar-refractivity contribution in [2.24, 2.45) is 5.92 Å². The molecule has 2 atom stereocenters. The van der Waals surface area contributed by atoms with Crippen LogP contribution in [0.15, 0.2) is 22.7 Å². The number of benzene rings is 1. The minimum Gasteiger partial charge on any atom is -0.496 e. The molecule has 1 aromatic rings. The predicted octanol–water partition coefficient (Wildman–Crippen LogP) is 4.80. The van der Waals surface area contributed by atoms with Crippen LogP contribution in [0.3, 0.4) is 0 Å². The average molecular weight is 342 g/mol. The number of methoxy groups -OCH3 is 1. The van der Waals surface area contributed by atoms with Crippen molar-refractivity contribution >= 4 is 15.9 Å². The lowest BCUT2D eigenvalue weighted by Crippen LogP contribution is -2.33. The molecule has 0 aromatic heterocycles. The van der Waals surface area contributed by atoms with E-state index in [2.05, 4.69) is 54.2 Å². The lowest BCUT2D eigenvalue weighted by molar-refractivity contribution is 0.390. The molecule has 0 radical (unpaired) electrons. The normalized spacial score (nSPS) is 14.1. The van der Waals surface area contributed by atoms with Crippen LogP contribution < -0.4 is 10.1 Å². The van der Waals surface area contributed by atoms with Gasteiger partial charge in [-0.2, -0.15) is 0 Å². The monoisotopic (exact) mass is 341 g/mol. The van der Waals surface area contributed by atoms with Gasteiger partial charge in [0.15, 0.2) is 0 Å². The second-order valence-electron chi connectivity index (χ2n) is 5.57.